The first-order chi connectivity index (χ1) is 14.6. The first kappa shape index (κ1) is 22.5. The summed E-state index contributed by atoms with van der Waals surface area (Å²) in [6.07, 6.45) is -0.961. The van der Waals surface area contributed by atoms with Crippen LogP contribution in [0.25, 0.3) is 0 Å². The third-order valence-corrected chi connectivity index (χ3v) is 5.13. The zero-order valence-corrected chi connectivity index (χ0v) is 18.5. The lowest BCUT2D eigenvalue weighted by molar-refractivity contribution is -0.131. The van der Waals surface area contributed by atoms with Crippen LogP contribution in [0.5, 0.6) is 0 Å². The van der Waals surface area contributed by atoms with E-state index in [-0.39, 0.29) is 12.0 Å². The molecule has 0 saturated carbocycles. The molecule has 0 radical (unpaired) electrons. The van der Waals surface area contributed by atoms with Crippen molar-refractivity contribution in [3.05, 3.63) is 59.7 Å². The van der Waals surface area contributed by atoms with E-state index < -0.39 is 23.5 Å². The Morgan fingerprint density at radius 2 is 1.68 bits per heavy atom. The van der Waals surface area contributed by atoms with Crippen molar-refractivity contribution in [3.8, 4) is 0 Å². The van der Waals surface area contributed by atoms with Gasteiger partial charge in [0.05, 0.1) is 29.6 Å². The normalized spacial score (nSPS) is 15.8. The van der Waals surface area contributed by atoms with Gasteiger partial charge in [-0.2, -0.15) is 0 Å². The number of carbonyl (C=O) groups excluding carboxylic acids is 3. The molecule has 1 aliphatic heterocycles. The fourth-order valence-corrected chi connectivity index (χ4v) is 3.31. The van der Waals surface area contributed by atoms with Crippen molar-refractivity contribution in [2.45, 2.75) is 59.0 Å². The summed E-state index contributed by atoms with van der Waals surface area (Å²) in [5.74, 6) is -1.38. The molecule has 0 spiro atoms. The number of esters is 1. The Bertz CT molecular complexity index is 982. The topological polar surface area (TPSA) is 84.9 Å². The van der Waals surface area contributed by atoms with Crippen molar-refractivity contribution in [2.24, 2.45) is 0 Å². The van der Waals surface area contributed by atoms with E-state index in [9.17, 15) is 14.4 Å². The quantitative estimate of drug-likeness (QED) is 0.711. The van der Waals surface area contributed by atoms with Crippen LogP contribution in [0.1, 0.15) is 50.5 Å². The summed E-state index contributed by atoms with van der Waals surface area (Å²) in [5.41, 5.74) is 1.24. The Kier molecular flexibility index (Phi) is 6.45. The van der Waals surface area contributed by atoms with Gasteiger partial charge in [0, 0.05) is 0 Å². The van der Waals surface area contributed by atoms with E-state index in [1.807, 2.05) is 13.8 Å². The van der Waals surface area contributed by atoms with E-state index in [0.717, 1.165) is 5.56 Å². The van der Waals surface area contributed by atoms with Gasteiger partial charge in [0.25, 0.3) is 5.91 Å². The lowest BCUT2D eigenvalue weighted by atomic mass is 9.95. The summed E-state index contributed by atoms with van der Waals surface area (Å²) in [5, 5.41) is 2.81. The van der Waals surface area contributed by atoms with E-state index in [1.165, 1.54) is 11.8 Å². The molecule has 0 unspecified atom stereocenters. The lowest BCUT2D eigenvalue weighted by Crippen LogP contribution is -2.60. The van der Waals surface area contributed by atoms with Gasteiger partial charge in [-0.25, -0.2) is 4.79 Å². The van der Waals surface area contributed by atoms with E-state index >= 15 is 0 Å². The molecular weight excluding hydrogens is 396 g/mol. The predicted molar refractivity (Wildman–Crippen MR) is 118 cm³/mol. The minimum atomic E-state index is -1.13. The molecule has 0 aromatic heterocycles. The highest BCUT2D eigenvalue weighted by molar-refractivity contribution is 6.15. The predicted octanol–water partition coefficient (Wildman–Crippen LogP) is 3.92. The standard InChI is InChI=1S/C24H28N2O5/c1-15(2)30-14-17-10-12-18(13-11-17)22(28)31-16(3)21(27)26-20-9-7-6-8-19(20)25-23(29)24(26,4)5/h6-13,15-16H,14H2,1-5H3,(H,25,29)/t16-/m0/s1. The summed E-state index contributed by atoms with van der Waals surface area (Å²) in [6, 6.07) is 13.9. The largest absolute Gasteiger partial charge is 0.449 e. The van der Waals surface area contributed by atoms with Crippen LogP contribution < -0.4 is 10.2 Å². The second-order valence-corrected chi connectivity index (χ2v) is 8.31. The fourth-order valence-electron chi connectivity index (χ4n) is 3.31. The first-order valence-electron chi connectivity index (χ1n) is 10.3. The third-order valence-electron chi connectivity index (χ3n) is 5.13. The number of hydrogen-bond acceptors (Lipinski definition) is 5. The van der Waals surface area contributed by atoms with Crippen LogP contribution in [-0.4, -0.2) is 35.5 Å². The van der Waals surface area contributed by atoms with Gasteiger partial charge in [-0.3, -0.25) is 14.5 Å². The van der Waals surface area contributed by atoms with Crippen LogP contribution in [-0.2, 0) is 25.7 Å². The zero-order valence-electron chi connectivity index (χ0n) is 18.5. The number of benzene rings is 2. The Morgan fingerprint density at radius 1 is 1.03 bits per heavy atom. The molecule has 0 saturated heterocycles. The Morgan fingerprint density at radius 3 is 2.32 bits per heavy atom. The van der Waals surface area contributed by atoms with E-state index in [4.69, 9.17) is 9.47 Å². The third kappa shape index (κ3) is 4.77. The second-order valence-electron chi connectivity index (χ2n) is 8.31. The van der Waals surface area contributed by atoms with Crippen LogP contribution in [0.2, 0.25) is 0 Å². The number of carbonyl (C=O) groups is 3. The van der Waals surface area contributed by atoms with Gasteiger partial charge in [-0.05, 0) is 64.4 Å². The summed E-state index contributed by atoms with van der Waals surface area (Å²) < 4.78 is 11.0. The van der Waals surface area contributed by atoms with Gasteiger partial charge >= 0.3 is 5.97 Å². The smallest absolute Gasteiger partial charge is 0.338 e. The van der Waals surface area contributed by atoms with Crippen LogP contribution in [0.15, 0.2) is 48.5 Å². The summed E-state index contributed by atoms with van der Waals surface area (Å²) >= 11 is 0. The molecule has 1 atom stereocenters. The molecule has 3 rings (SSSR count). The van der Waals surface area contributed by atoms with Gasteiger partial charge in [0.2, 0.25) is 5.91 Å². The molecule has 7 nitrogen and oxygen atoms in total. The van der Waals surface area contributed by atoms with Crippen LogP contribution in [0, 0.1) is 0 Å². The number of nitrogens with one attached hydrogen (secondary N) is 1. The molecule has 0 bridgehead atoms. The van der Waals surface area contributed by atoms with Crippen LogP contribution in [0.3, 0.4) is 0 Å². The molecule has 1 N–H and O–H groups in total. The second kappa shape index (κ2) is 8.89. The molecule has 0 aliphatic carbocycles. The molecule has 7 heteroatoms. The maximum atomic E-state index is 13.2. The van der Waals surface area contributed by atoms with Gasteiger partial charge in [0.1, 0.15) is 5.54 Å². The van der Waals surface area contributed by atoms with Crippen molar-refractivity contribution >= 4 is 29.2 Å². The van der Waals surface area contributed by atoms with Gasteiger partial charge in [-0.15, -0.1) is 0 Å². The molecule has 1 heterocycles. The van der Waals surface area contributed by atoms with Crippen molar-refractivity contribution < 1.29 is 23.9 Å². The summed E-state index contributed by atoms with van der Waals surface area (Å²) in [4.78, 5) is 39.8. The number of ether oxygens (including phenoxy) is 2. The number of anilines is 2. The summed E-state index contributed by atoms with van der Waals surface area (Å²) in [7, 11) is 0. The van der Waals surface area contributed by atoms with E-state index in [1.54, 1.807) is 62.4 Å². The van der Waals surface area contributed by atoms with Crippen molar-refractivity contribution in [1.29, 1.82) is 0 Å². The Labute approximate surface area is 182 Å². The van der Waals surface area contributed by atoms with E-state index in [0.29, 0.717) is 23.5 Å². The molecule has 0 fully saturated rings. The molecule has 31 heavy (non-hydrogen) atoms. The van der Waals surface area contributed by atoms with Crippen LogP contribution >= 0.6 is 0 Å². The maximum absolute atomic E-state index is 13.2. The monoisotopic (exact) mass is 424 g/mol. The molecular formula is C24H28N2O5. The van der Waals surface area contributed by atoms with Crippen molar-refractivity contribution in [3.63, 3.8) is 0 Å². The number of nitrogens with zero attached hydrogens (tertiary/aromatic N) is 1. The molecule has 164 valence electrons. The fraction of sp³-hybridized carbons (Fsp3) is 0.375. The zero-order chi connectivity index (χ0) is 22.8. The van der Waals surface area contributed by atoms with Crippen molar-refractivity contribution in [1.82, 2.24) is 0 Å². The highest BCUT2D eigenvalue weighted by atomic mass is 16.5. The maximum Gasteiger partial charge on any atom is 0.338 e. The highest BCUT2D eigenvalue weighted by Gasteiger charge is 2.45. The van der Waals surface area contributed by atoms with Gasteiger partial charge < -0.3 is 14.8 Å². The highest BCUT2D eigenvalue weighted by Crippen LogP contribution is 2.37. The SMILES string of the molecule is CC(C)OCc1ccc(C(=O)O[C@@H](C)C(=O)N2c3ccccc3NC(=O)C2(C)C)cc1. The number of fused-ring (bicyclic) bond motifs is 1. The minimum absolute atomic E-state index is 0.114. The van der Waals surface area contributed by atoms with Crippen molar-refractivity contribution in [2.75, 3.05) is 10.2 Å². The average molecular weight is 424 g/mol. The summed E-state index contributed by atoms with van der Waals surface area (Å²) in [6.45, 7) is 9.18. The Hall–Kier alpha value is -3.19. The number of amides is 2. The first-order valence-corrected chi connectivity index (χ1v) is 10.3. The number of rotatable bonds is 6. The Balaban J connectivity index is 1.74. The van der Waals surface area contributed by atoms with E-state index in [2.05, 4.69) is 5.32 Å². The molecule has 2 amide bonds. The lowest BCUT2D eigenvalue weighted by Gasteiger charge is -2.42. The molecule has 2 aromatic rings. The molecule has 2 aromatic carbocycles. The average Bonchev–Trinajstić information content (AvgIpc) is 2.73. The van der Waals surface area contributed by atoms with Gasteiger partial charge in [0.15, 0.2) is 6.10 Å². The minimum Gasteiger partial charge on any atom is -0.449 e. The molecule has 1 aliphatic rings. The number of para-hydroxylation sites is 2. The van der Waals surface area contributed by atoms with Crippen LogP contribution in [0.4, 0.5) is 11.4 Å². The number of hydrogen-bond donors (Lipinski definition) is 1. The van der Waals surface area contributed by atoms with Gasteiger partial charge in [-0.1, -0.05) is 24.3 Å².